The van der Waals surface area contributed by atoms with Crippen LogP contribution in [0.25, 0.3) is 0 Å². The summed E-state index contributed by atoms with van der Waals surface area (Å²) >= 11 is 0. The topological polar surface area (TPSA) is 23.6 Å². The van der Waals surface area contributed by atoms with Crippen LogP contribution in [0, 0.1) is 0 Å². The first kappa shape index (κ1) is 13.8. The maximum absolute atomic E-state index is 12.1. The summed E-state index contributed by atoms with van der Waals surface area (Å²) in [5.41, 5.74) is 0.850. The smallest absolute Gasteiger partial charge is 0.164 e. The van der Waals surface area contributed by atoms with E-state index in [2.05, 4.69) is 9.80 Å². The maximum atomic E-state index is 12.1. The van der Waals surface area contributed by atoms with Crippen molar-refractivity contribution in [3.63, 3.8) is 0 Å². The van der Waals surface area contributed by atoms with Gasteiger partial charge in [-0.05, 0) is 38.9 Å². The van der Waals surface area contributed by atoms with Gasteiger partial charge in [0.2, 0.25) is 0 Å². The second-order valence-electron chi connectivity index (χ2n) is 6.03. The van der Waals surface area contributed by atoms with Crippen molar-refractivity contribution >= 4 is 5.78 Å². The van der Waals surface area contributed by atoms with Gasteiger partial charge in [0.05, 0.1) is 0 Å². The van der Waals surface area contributed by atoms with E-state index in [4.69, 9.17) is 0 Å². The zero-order valence-electron chi connectivity index (χ0n) is 12.1. The van der Waals surface area contributed by atoms with Crippen molar-refractivity contribution in [2.45, 2.75) is 31.7 Å². The molecule has 0 bridgehead atoms. The lowest BCUT2D eigenvalue weighted by Crippen LogP contribution is -2.35. The Labute approximate surface area is 121 Å². The summed E-state index contributed by atoms with van der Waals surface area (Å²) in [5, 5.41) is 0. The Balaban J connectivity index is 1.44. The van der Waals surface area contributed by atoms with E-state index in [9.17, 15) is 4.79 Å². The summed E-state index contributed by atoms with van der Waals surface area (Å²) in [6, 6.07) is 10.4. The Morgan fingerprint density at radius 3 is 2.60 bits per heavy atom. The Morgan fingerprint density at radius 2 is 1.85 bits per heavy atom. The molecule has 1 aromatic carbocycles. The number of hydrogen-bond donors (Lipinski definition) is 0. The average molecular weight is 272 g/mol. The third-order valence-corrected chi connectivity index (χ3v) is 4.66. The van der Waals surface area contributed by atoms with Gasteiger partial charge in [0.15, 0.2) is 5.78 Å². The van der Waals surface area contributed by atoms with Crippen molar-refractivity contribution < 1.29 is 4.79 Å². The summed E-state index contributed by atoms with van der Waals surface area (Å²) in [5.74, 6) is 0.273. The first-order chi connectivity index (χ1) is 9.83. The van der Waals surface area contributed by atoms with Gasteiger partial charge in [0.1, 0.15) is 0 Å². The molecule has 1 atom stereocenters. The minimum atomic E-state index is 0.273. The van der Waals surface area contributed by atoms with Gasteiger partial charge in [-0.15, -0.1) is 0 Å². The summed E-state index contributed by atoms with van der Waals surface area (Å²) < 4.78 is 0. The molecule has 3 heteroatoms. The van der Waals surface area contributed by atoms with Gasteiger partial charge in [-0.3, -0.25) is 9.69 Å². The molecule has 0 radical (unpaired) electrons. The Morgan fingerprint density at radius 1 is 1.10 bits per heavy atom. The molecule has 2 saturated heterocycles. The molecule has 20 heavy (non-hydrogen) atoms. The van der Waals surface area contributed by atoms with Crippen molar-refractivity contribution in [1.29, 1.82) is 0 Å². The first-order valence-electron chi connectivity index (χ1n) is 7.87. The Bertz CT molecular complexity index is 440. The number of nitrogens with zero attached hydrogens (tertiary/aromatic N) is 2. The summed E-state index contributed by atoms with van der Waals surface area (Å²) in [7, 11) is 0. The van der Waals surface area contributed by atoms with E-state index in [1.165, 1.54) is 32.4 Å². The van der Waals surface area contributed by atoms with Crippen molar-refractivity contribution in [2.24, 2.45) is 0 Å². The molecule has 0 spiro atoms. The number of ketones is 1. The second-order valence-corrected chi connectivity index (χ2v) is 6.03. The number of likely N-dealkylation sites (tertiary alicyclic amines) is 2. The third-order valence-electron chi connectivity index (χ3n) is 4.66. The Kier molecular flexibility index (Phi) is 4.48. The van der Waals surface area contributed by atoms with Crippen molar-refractivity contribution in [1.82, 2.24) is 9.80 Å². The van der Waals surface area contributed by atoms with Crippen LogP contribution in [0.3, 0.4) is 0 Å². The molecule has 0 aromatic heterocycles. The molecule has 2 aliphatic rings. The highest BCUT2D eigenvalue weighted by Crippen LogP contribution is 2.20. The zero-order chi connectivity index (χ0) is 13.8. The van der Waals surface area contributed by atoms with Gasteiger partial charge in [0, 0.05) is 31.1 Å². The van der Waals surface area contributed by atoms with E-state index >= 15 is 0 Å². The fourth-order valence-corrected chi connectivity index (χ4v) is 3.45. The maximum Gasteiger partial charge on any atom is 0.164 e. The molecule has 1 unspecified atom stereocenters. The molecule has 3 nitrogen and oxygen atoms in total. The third kappa shape index (κ3) is 3.28. The summed E-state index contributed by atoms with van der Waals surface area (Å²) in [6.45, 7) is 5.78. The van der Waals surface area contributed by atoms with Crippen LogP contribution in [0.4, 0.5) is 0 Å². The van der Waals surface area contributed by atoms with E-state index in [1.807, 2.05) is 30.3 Å². The first-order valence-corrected chi connectivity index (χ1v) is 7.87. The fourth-order valence-electron chi connectivity index (χ4n) is 3.45. The molecular weight excluding hydrogens is 248 g/mol. The lowest BCUT2D eigenvalue weighted by Gasteiger charge is -2.23. The van der Waals surface area contributed by atoms with Crippen LogP contribution in [0.1, 0.15) is 36.0 Å². The van der Waals surface area contributed by atoms with Crippen molar-refractivity contribution in [3.05, 3.63) is 35.9 Å². The number of carbonyl (C=O) groups excluding carboxylic acids is 1. The lowest BCUT2D eigenvalue weighted by molar-refractivity contribution is 0.0967. The van der Waals surface area contributed by atoms with Crippen molar-refractivity contribution in [2.75, 3.05) is 32.7 Å². The molecule has 2 fully saturated rings. The summed E-state index contributed by atoms with van der Waals surface area (Å²) in [6.07, 6.45) is 4.66. The number of hydrogen-bond acceptors (Lipinski definition) is 3. The van der Waals surface area contributed by atoms with Gasteiger partial charge in [-0.2, -0.15) is 0 Å². The second kappa shape index (κ2) is 6.51. The van der Waals surface area contributed by atoms with Crippen LogP contribution in [-0.2, 0) is 0 Å². The molecule has 2 aliphatic heterocycles. The van der Waals surface area contributed by atoms with Gasteiger partial charge in [0.25, 0.3) is 0 Å². The SMILES string of the molecule is O=C(CCN1CCC(N2CCCC2)C1)c1ccccc1. The number of benzene rings is 1. The van der Waals surface area contributed by atoms with Crippen LogP contribution < -0.4 is 0 Å². The highest BCUT2D eigenvalue weighted by molar-refractivity contribution is 5.96. The molecule has 108 valence electrons. The number of Topliss-reactive ketones (excluding diaryl/α,β-unsaturated/α-hetero) is 1. The minimum absolute atomic E-state index is 0.273. The molecular formula is C17H24N2O. The van der Waals surface area contributed by atoms with Crippen molar-refractivity contribution in [3.8, 4) is 0 Å². The normalized spacial score (nSPS) is 24.3. The highest BCUT2D eigenvalue weighted by Gasteiger charge is 2.29. The van der Waals surface area contributed by atoms with E-state index in [1.54, 1.807) is 0 Å². The zero-order valence-corrected chi connectivity index (χ0v) is 12.1. The van der Waals surface area contributed by atoms with Crippen LogP contribution in [0.5, 0.6) is 0 Å². The van der Waals surface area contributed by atoms with Gasteiger partial charge < -0.3 is 4.90 Å². The van der Waals surface area contributed by atoms with Gasteiger partial charge >= 0.3 is 0 Å². The standard InChI is InChI=1S/C17H24N2O/c20-17(15-6-2-1-3-7-15)9-13-18-12-8-16(14-18)19-10-4-5-11-19/h1-3,6-7,16H,4-5,8-14H2. The Hall–Kier alpha value is -1.19. The van der Waals surface area contributed by atoms with E-state index in [0.29, 0.717) is 6.42 Å². The quantitative estimate of drug-likeness (QED) is 0.769. The van der Waals surface area contributed by atoms with Crippen LogP contribution >= 0.6 is 0 Å². The fraction of sp³-hybridized carbons (Fsp3) is 0.588. The predicted octanol–water partition coefficient (Wildman–Crippen LogP) is 2.43. The van der Waals surface area contributed by atoms with E-state index in [0.717, 1.165) is 31.2 Å². The van der Waals surface area contributed by atoms with E-state index in [-0.39, 0.29) is 5.78 Å². The molecule has 2 heterocycles. The van der Waals surface area contributed by atoms with Crippen LogP contribution in [-0.4, -0.2) is 54.3 Å². The van der Waals surface area contributed by atoms with Gasteiger partial charge in [-0.1, -0.05) is 30.3 Å². The van der Waals surface area contributed by atoms with Crippen LogP contribution in [0.15, 0.2) is 30.3 Å². The molecule has 0 N–H and O–H groups in total. The molecule has 1 aromatic rings. The van der Waals surface area contributed by atoms with E-state index < -0.39 is 0 Å². The lowest BCUT2D eigenvalue weighted by atomic mass is 10.1. The molecule has 0 aliphatic carbocycles. The molecule has 0 saturated carbocycles. The summed E-state index contributed by atoms with van der Waals surface area (Å²) in [4.78, 5) is 17.2. The predicted molar refractivity (Wildman–Crippen MR) is 81.0 cm³/mol. The monoisotopic (exact) mass is 272 g/mol. The van der Waals surface area contributed by atoms with Crippen LogP contribution in [0.2, 0.25) is 0 Å². The largest absolute Gasteiger partial charge is 0.301 e. The molecule has 0 amide bonds. The van der Waals surface area contributed by atoms with Gasteiger partial charge in [-0.25, -0.2) is 0 Å². The minimum Gasteiger partial charge on any atom is -0.301 e. The highest BCUT2D eigenvalue weighted by atomic mass is 16.1. The number of carbonyl (C=O) groups is 1. The molecule has 3 rings (SSSR count). The number of rotatable bonds is 5. The average Bonchev–Trinajstić information content (AvgIpc) is 3.16.